The Balaban J connectivity index is 3.10. The summed E-state index contributed by atoms with van der Waals surface area (Å²) in [5.41, 5.74) is 0. The van der Waals surface area contributed by atoms with Crippen LogP contribution in [0.5, 0.6) is 0 Å². The van der Waals surface area contributed by atoms with Gasteiger partial charge in [0, 0.05) is 10.2 Å². The number of hydrogen-bond donors (Lipinski definition) is 1. The zero-order chi connectivity index (χ0) is 6.57. The highest BCUT2D eigenvalue weighted by Crippen LogP contribution is 2.07. The van der Waals surface area contributed by atoms with Gasteiger partial charge in [-0.15, -0.1) is 0 Å². The van der Waals surface area contributed by atoms with Crippen molar-refractivity contribution in [2.75, 3.05) is 5.33 Å². The molecule has 3 heteroatoms. The molecule has 0 spiro atoms. The van der Waals surface area contributed by atoms with Crippen molar-refractivity contribution in [3.63, 3.8) is 0 Å². The monoisotopic (exact) mass is 244 g/mol. The van der Waals surface area contributed by atoms with Crippen molar-refractivity contribution in [1.82, 2.24) is 0 Å². The highest BCUT2D eigenvalue weighted by Gasteiger charge is 2.04. The highest BCUT2D eigenvalue weighted by molar-refractivity contribution is 9.09. The van der Waals surface area contributed by atoms with Crippen LogP contribution in [0.4, 0.5) is 0 Å². The molecule has 0 bridgehead atoms. The molecule has 0 aliphatic rings. The van der Waals surface area contributed by atoms with Crippen LogP contribution in [-0.4, -0.2) is 21.4 Å². The van der Waals surface area contributed by atoms with Crippen LogP contribution in [0.3, 0.4) is 0 Å². The Morgan fingerprint density at radius 2 is 2.12 bits per heavy atom. The van der Waals surface area contributed by atoms with Gasteiger partial charge in [0.1, 0.15) is 0 Å². The molecule has 0 amide bonds. The summed E-state index contributed by atoms with van der Waals surface area (Å²) >= 11 is 6.51. The Hall–Kier alpha value is 0.920. The molecule has 0 radical (unpaired) electrons. The summed E-state index contributed by atoms with van der Waals surface area (Å²) in [6, 6.07) is 0. The van der Waals surface area contributed by atoms with E-state index in [0.29, 0.717) is 10.2 Å². The molecular formula is C5H10Br2O. The summed E-state index contributed by atoms with van der Waals surface area (Å²) in [7, 11) is 0. The second-order valence-corrected chi connectivity index (χ2v) is 4.04. The van der Waals surface area contributed by atoms with E-state index < -0.39 is 0 Å². The zero-order valence-corrected chi connectivity index (χ0v) is 7.94. The van der Waals surface area contributed by atoms with Gasteiger partial charge in [-0.2, -0.15) is 0 Å². The Morgan fingerprint density at radius 1 is 1.62 bits per heavy atom. The third-order valence-electron chi connectivity index (χ3n) is 0.775. The summed E-state index contributed by atoms with van der Waals surface area (Å²) in [5.74, 6) is 0. The molecule has 0 saturated heterocycles. The SMILES string of the molecule is CC(Br)CC(O)CBr. The number of aliphatic hydroxyl groups excluding tert-OH is 1. The van der Waals surface area contributed by atoms with E-state index in [-0.39, 0.29) is 6.10 Å². The Kier molecular flexibility index (Phi) is 5.31. The normalized spacial score (nSPS) is 18.0. The Morgan fingerprint density at radius 3 is 2.25 bits per heavy atom. The van der Waals surface area contributed by atoms with E-state index in [4.69, 9.17) is 5.11 Å². The standard InChI is InChI=1S/C5H10Br2O/c1-4(7)2-5(8)3-6/h4-5,8H,2-3H2,1H3. The number of aliphatic hydroxyl groups is 1. The van der Waals surface area contributed by atoms with E-state index >= 15 is 0 Å². The van der Waals surface area contributed by atoms with Crippen molar-refractivity contribution in [3.8, 4) is 0 Å². The maximum atomic E-state index is 8.95. The fourth-order valence-electron chi connectivity index (χ4n) is 0.438. The third kappa shape index (κ3) is 5.06. The topological polar surface area (TPSA) is 20.2 Å². The van der Waals surface area contributed by atoms with Crippen molar-refractivity contribution < 1.29 is 5.11 Å². The molecule has 0 saturated carbocycles. The zero-order valence-electron chi connectivity index (χ0n) is 4.77. The van der Waals surface area contributed by atoms with E-state index in [9.17, 15) is 0 Å². The number of rotatable bonds is 3. The molecule has 0 aromatic rings. The van der Waals surface area contributed by atoms with Gasteiger partial charge in [0.05, 0.1) is 6.10 Å². The first kappa shape index (κ1) is 8.92. The van der Waals surface area contributed by atoms with Crippen LogP contribution in [0.2, 0.25) is 0 Å². The lowest BCUT2D eigenvalue weighted by atomic mass is 10.2. The third-order valence-corrected chi connectivity index (χ3v) is 1.90. The van der Waals surface area contributed by atoms with Crippen LogP contribution in [0.25, 0.3) is 0 Å². The predicted molar refractivity (Wildman–Crippen MR) is 42.8 cm³/mol. The molecule has 2 atom stereocenters. The lowest BCUT2D eigenvalue weighted by Crippen LogP contribution is -2.11. The van der Waals surface area contributed by atoms with Crippen molar-refractivity contribution in [2.24, 2.45) is 0 Å². The molecule has 1 nitrogen and oxygen atoms in total. The molecule has 0 rings (SSSR count). The highest BCUT2D eigenvalue weighted by atomic mass is 79.9. The van der Waals surface area contributed by atoms with Crippen LogP contribution in [0.1, 0.15) is 13.3 Å². The second kappa shape index (κ2) is 4.77. The lowest BCUT2D eigenvalue weighted by molar-refractivity contribution is 0.192. The minimum atomic E-state index is -0.204. The van der Waals surface area contributed by atoms with Gasteiger partial charge in [0.15, 0.2) is 0 Å². The largest absolute Gasteiger partial charge is 0.392 e. The fourth-order valence-corrected chi connectivity index (χ4v) is 1.13. The summed E-state index contributed by atoms with van der Waals surface area (Å²) in [5, 5.41) is 9.62. The molecule has 0 heterocycles. The van der Waals surface area contributed by atoms with E-state index in [1.165, 1.54) is 0 Å². The van der Waals surface area contributed by atoms with Crippen LogP contribution >= 0.6 is 31.9 Å². The first-order valence-corrected chi connectivity index (χ1v) is 4.58. The van der Waals surface area contributed by atoms with Crippen LogP contribution < -0.4 is 0 Å². The van der Waals surface area contributed by atoms with Gasteiger partial charge in [-0.3, -0.25) is 0 Å². The smallest absolute Gasteiger partial charge is 0.0647 e. The Bertz CT molecular complexity index is 56.4. The van der Waals surface area contributed by atoms with Gasteiger partial charge in [-0.1, -0.05) is 38.8 Å². The van der Waals surface area contributed by atoms with Crippen LogP contribution in [0.15, 0.2) is 0 Å². The average Bonchev–Trinajstić information content (AvgIpc) is 1.65. The summed E-state index contributed by atoms with van der Waals surface area (Å²) < 4.78 is 0. The molecule has 0 aliphatic carbocycles. The molecule has 50 valence electrons. The molecule has 0 aromatic heterocycles. The van der Waals surface area contributed by atoms with E-state index in [2.05, 4.69) is 31.9 Å². The summed E-state index contributed by atoms with van der Waals surface area (Å²) in [4.78, 5) is 0.412. The van der Waals surface area contributed by atoms with E-state index in [0.717, 1.165) is 6.42 Å². The minimum absolute atomic E-state index is 0.204. The second-order valence-electron chi connectivity index (χ2n) is 1.82. The van der Waals surface area contributed by atoms with Crippen LogP contribution in [-0.2, 0) is 0 Å². The van der Waals surface area contributed by atoms with Crippen molar-refractivity contribution in [3.05, 3.63) is 0 Å². The minimum Gasteiger partial charge on any atom is -0.392 e. The number of hydrogen-bond acceptors (Lipinski definition) is 1. The Labute approximate surface area is 66.7 Å². The van der Waals surface area contributed by atoms with Crippen molar-refractivity contribution in [2.45, 2.75) is 24.3 Å². The molecular weight excluding hydrogens is 236 g/mol. The van der Waals surface area contributed by atoms with Gasteiger partial charge in [-0.25, -0.2) is 0 Å². The van der Waals surface area contributed by atoms with Gasteiger partial charge in [-0.05, 0) is 6.42 Å². The summed E-state index contributed by atoms with van der Waals surface area (Å²) in [6.45, 7) is 2.02. The summed E-state index contributed by atoms with van der Waals surface area (Å²) in [6.07, 6.45) is 0.606. The maximum absolute atomic E-state index is 8.95. The molecule has 8 heavy (non-hydrogen) atoms. The van der Waals surface area contributed by atoms with E-state index in [1.54, 1.807) is 0 Å². The maximum Gasteiger partial charge on any atom is 0.0647 e. The van der Waals surface area contributed by atoms with Gasteiger partial charge in [0.25, 0.3) is 0 Å². The van der Waals surface area contributed by atoms with Gasteiger partial charge >= 0.3 is 0 Å². The first-order chi connectivity index (χ1) is 3.66. The van der Waals surface area contributed by atoms with Crippen LogP contribution in [0, 0.1) is 0 Å². The average molecular weight is 246 g/mol. The van der Waals surface area contributed by atoms with Gasteiger partial charge < -0.3 is 5.11 Å². The molecule has 1 N–H and O–H groups in total. The van der Waals surface area contributed by atoms with Crippen molar-refractivity contribution in [1.29, 1.82) is 0 Å². The molecule has 0 aromatic carbocycles. The number of alkyl halides is 2. The molecule has 0 fully saturated rings. The first-order valence-electron chi connectivity index (χ1n) is 2.55. The van der Waals surface area contributed by atoms with Gasteiger partial charge in [0.2, 0.25) is 0 Å². The quantitative estimate of drug-likeness (QED) is 0.754. The van der Waals surface area contributed by atoms with E-state index in [1.807, 2.05) is 6.92 Å². The fraction of sp³-hybridized carbons (Fsp3) is 1.00. The number of halogens is 2. The van der Waals surface area contributed by atoms with Crippen molar-refractivity contribution >= 4 is 31.9 Å². The molecule has 2 unspecified atom stereocenters. The molecule has 0 aliphatic heterocycles. The lowest BCUT2D eigenvalue weighted by Gasteiger charge is -2.06. The predicted octanol–water partition coefficient (Wildman–Crippen LogP) is 1.92.